The Hall–Kier alpha value is -4.08. The summed E-state index contributed by atoms with van der Waals surface area (Å²) in [5.41, 5.74) is 7.45. The number of unbranched alkanes of at least 4 members (excludes halogenated alkanes) is 14. The number of ether oxygens (including phenoxy) is 4. The molecule has 2 atom stereocenters. The molecule has 0 N–H and O–H groups in total. The highest BCUT2D eigenvalue weighted by atomic mass is 35.5. The zero-order valence-electron chi connectivity index (χ0n) is 44.6. The molecule has 0 aromatic heterocycles. The summed E-state index contributed by atoms with van der Waals surface area (Å²) in [6.45, 7) is 6.43. The van der Waals surface area contributed by atoms with Crippen molar-refractivity contribution in [3.8, 4) is 23.0 Å². The summed E-state index contributed by atoms with van der Waals surface area (Å²) >= 11 is 13.4. The van der Waals surface area contributed by atoms with Gasteiger partial charge in [0.05, 0.1) is 14.2 Å². The Labute approximate surface area is 442 Å². The molecule has 2 saturated carbocycles. The topological polar surface area (TPSA) is 77.5 Å². The number of methoxy groups -OCH3 is 2. The molecule has 4 aromatic rings. The minimum absolute atomic E-state index is 0.00406. The largest absolute Gasteiger partial charge is 0.493 e. The van der Waals surface area contributed by atoms with Gasteiger partial charge in [0.1, 0.15) is 0 Å². The van der Waals surface area contributed by atoms with Crippen LogP contribution in [-0.2, 0) is 33.3 Å². The molecule has 8 rings (SSSR count). The van der Waals surface area contributed by atoms with E-state index >= 15 is 0 Å². The number of hydrogen-bond acceptors (Lipinski definition) is 8. The molecule has 0 saturated heterocycles. The molecule has 2 aliphatic carbocycles. The van der Waals surface area contributed by atoms with E-state index in [2.05, 4.69) is 86.3 Å². The summed E-state index contributed by atoms with van der Waals surface area (Å²) in [7, 11) is 7.69. The van der Waals surface area contributed by atoms with Crippen LogP contribution >= 0.6 is 23.2 Å². The number of nitrogens with zero attached hydrogens (tertiary/aromatic N) is 2. The average molecular weight is 1020 g/mol. The number of hydrogen-bond donors (Lipinski definition) is 0. The standard InChI is InChI=1S/C32H44ClNO3.C30H40ClNO3/c1-4-5-6-7-8-9-10-11-12-17-30(35)37-29-23-25-24(22-28(29)36-3)18-21-34(2)31(25)32(19-20-32)26-15-13-14-16-27(26)33;1-4-5-6-7-8-9-10-15-28(33)35-27-21-23-22(20-26(27)34-3)16-19-32(2)29(23)30(17-18-30)24-13-11-12-14-25(24)31/h13-16,22-23,31H,4-12,17-21H2,1-3H3;11-14,20-21,29H,4-10,15-19H2,1-3H3. The second-order valence-electron chi connectivity index (χ2n) is 21.3. The summed E-state index contributed by atoms with van der Waals surface area (Å²) < 4.78 is 23.1. The molecule has 2 unspecified atom stereocenters. The van der Waals surface area contributed by atoms with Crippen LogP contribution in [0.4, 0.5) is 0 Å². The molecule has 392 valence electrons. The summed E-state index contributed by atoms with van der Waals surface area (Å²) in [6, 6.07) is 25.2. The molecule has 0 bridgehead atoms. The third kappa shape index (κ3) is 13.8. The molecule has 8 nitrogen and oxygen atoms in total. The number of halogens is 2. The van der Waals surface area contributed by atoms with Crippen LogP contribution in [0.1, 0.15) is 201 Å². The highest BCUT2D eigenvalue weighted by Gasteiger charge is 2.56. The van der Waals surface area contributed by atoms with Gasteiger partial charge in [-0.1, -0.05) is 163 Å². The van der Waals surface area contributed by atoms with Gasteiger partial charge in [-0.05, 0) is 135 Å². The van der Waals surface area contributed by atoms with Gasteiger partial charge >= 0.3 is 11.9 Å². The van der Waals surface area contributed by atoms with Crippen LogP contribution < -0.4 is 18.9 Å². The zero-order chi connectivity index (χ0) is 51.1. The molecular formula is C62H84Cl2N2O6. The summed E-state index contributed by atoms with van der Waals surface area (Å²) in [4.78, 5) is 30.4. The smallest absolute Gasteiger partial charge is 0.311 e. The highest BCUT2D eigenvalue weighted by molar-refractivity contribution is 6.31. The minimum Gasteiger partial charge on any atom is -0.493 e. The van der Waals surface area contributed by atoms with Crippen LogP contribution in [-0.4, -0.2) is 63.1 Å². The molecule has 4 aromatic carbocycles. The van der Waals surface area contributed by atoms with Gasteiger partial charge in [0, 0.05) is 58.9 Å². The van der Waals surface area contributed by atoms with Gasteiger partial charge in [0.15, 0.2) is 23.0 Å². The Morgan fingerprint density at radius 1 is 0.514 bits per heavy atom. The normalized spacial score (nSPS) is 18.5. The number of carbonyl (C=O) groups is 2. The van der Waals surface area contributed by atoms with Crippen molar-refractivity contribution in [2.24, 2.45) is 0 Å². The fraction of sp³-hybridized carbons (Fsp3) is 0.581. The summed E-state index contributed by atoms with van der Waals surface area (Å²) in [6.07, 6.45) is 26.5. The fourth-order valence-corrected chi connectivity index (χ4v) is 12.6. The molecule has 2 fully saturated rings. The van der Waals surface area contributed by atoms with Crippen molar-refractivity contribution in [3.05, 3.63) is 116 Å². The molecular weight excluding hydrogens is 940 g/mol. The van der Waals surface area contributed by atoms with Crippen molar-refractivity contribution >= 4 is 35.1 Å². The SMILES string of the molecule is CCCCCCCCCC(=O)Oc1cc2c(cc1OC)CCN(C)C2C1(c2ccccc2Cl)CC1.CCCCCCCCCCCC(=O)Oc1cc2c(cc1OC)CCN(C)C2C1(c2ccccc2Cl)CC1. The Bertz CT molecular complexity index is 2390. The second kappa shape index (κ2) is 26.9. The van der Waals surface area contributed by atoms with Crippen LogP contribution in [0.2, 0.25) is 10.0 Å². The van der Waals surface area contributed by atoms with E-state index in [1.807, 2.05) is 24.3 Å². The van der Waals surface area contributed by atoms with Crippen LogP contribution in [0.15, 0.2) is 72.8 Å². The summed E-state index contributed by atoms with van der Waals surface area (Å²) in [5.74, 6) is 2.01. The van der Waals surface area contributed by atoms with Crippen LogP contribution in [0.5, 0.6) is 23.0 Å². The van der Waals surface area contributed by atoms with E-state index in [1.165, 1.54) is 110 Å². The number of carbonyl (C=O) groups excluding carboxylic acids is 2. The lowest BCUT2D eigenvalue weighted by atomic mass is 9.78. The zero-order valence-corrected chi connectivity index (χ0v) is 46.1. The first-order valence-electron chi connectivity index (χ1n) is 27.7. The third-order valence-corrected chi connectivity index (χ3v) is 16.8. The molecule has 10 heteroatoms. The number of likely N-dealkylation sites (N-methyl/N-ethyl adjacent to an activating group) is 2. The number of benzene rings is 4. The van der Waals surface area contributed by atoms with Gasteiger partial charge in [0.2, 0.25) is 0 Å². The van der Waals surface area contributed by atoms with E-state index in [1.54, 1.807) is 14.2 Å². The maximum atomic E-state index is 12.8. The van der Waals surface area contributed by atoms with E-state index in [4.69, 9.17) is 42.1 Å². The first-order chi connectivity index (χ1) is 35.0. The minimum atomic E-state index is -0.176. The van der Waals surface area contributed by atoms with Crippen LogP contribution in [0.25, 0.3) is 0 Å². The second-order valence-corrected chi connectivity index (χ2v) is 22.2. The average Bonchev–Trinajstić information content (AvgIpc) is 4.33. The predicted molar refractivity (Wildman–Crippen MR) is 295 cm³/mol. The molecule has 72 heavy (non-hydrogen) atoms. The van der Waals surface area contributed by atoms with E-state index in [0.717, 1.165) is 87.3 Å². The van der Waals surface area contributed by atoms with Crippen molar-refractivity contribution in [2.45, 2.75) is 191 Å². The number of rotatable bonds is 26. The van der Waals surface area contributed by atoms with Gasteiger partial charge in [-0.3, -0.25) is 19.4 Å². The van der Waals surface area contributed by atoms with Gasteiger partial charge in [0.25, 0.3) is 0 Å². The fourth-order valence-electron chi connectivity index (χ4n) is 12.0. The van der Waals surface area contributed by atoms with E-state index in [9.17, 15) is 9.59 Å². The van der Waals surface area contributed by atoms with Crippen molar-refractivity contribution in [1.29, 1.82) is 0 Å². The van der Waals surface area contributed by atoms with Crippen molar-refractivity contribution in [2.75, 3.05) is 41.4 Å². The summed E-state index contributed by atoms with van der Waals surface area (Å²) in [5, 5.41) is 1.67. The molecule has 2 aliphatic heterocycles. The van der Waals surface area contributed by atoms with Gasteiger partial charge in [-0.15, -0.1) is 0 Å². The van der Waals surface area contributed by atoms with E-state index in [-0.39, 0.29) is 34.9 Å². The lowest BCUT2D eigenvalue weighted by molar-refractivity contribution is -0.135. The molecule has 2 heterocycles. The van der Waals surface area contributed by atoms with Crippen molar-refractivity contribution in [3.63, 3.8) is 0 Å². The molecule has 0 spiro atoms. The van der Waals surface area contributed by atoms with Crippen LogP contribution in [0.3, 0.4) is 0 Å². The van der Waals surface area contributed by atoms with Crippen molar-refractivity contribution in [1.82, 2.24) is 9.80 Å². The Kier molecular flexibility index (Phi) is 20.8. The maximum absolute atomic E-state index is 12.8. The van der Waals surface area contributed by atoms with Crippen LogP contribution in [0, 0.1) is 0 Å². The molecule has 0 radical (unpaired) electrons. The van der Waals surface area contributed by atoms with E-state index < -0.39 is 0 Å². The Morgan fingerprint density at radius 3 is 1.19 bits per heavy atom. The van der Waals surface area contributed by atoms with Gasteiger partial charge < -0.3 is 18.9 Å². The first-order valence-corrected chi connectivity index (χ1v) is 28.5. The van der Waals surface area contributed by atoms with Crippen molar-refractivity contribution < 1.29 is 28.5 Å². The Balaban J connectivity index is 0.000000212. The van der Waals surface area contributed by atoms with Gasteiger partial charge in [-0.25, -0.2) is 0 Å². The molecule has 0 amide bonds. The lowest BCUT2D eigenvalue weighted by Crippen LogP contribution is -2.39. The monoisotopic (exact) mass is 1020 g/mol. The maximum Gasteiger partial charge on any atom is 0.311 e. The molecule has 4 aliphatic rings. The number of esters is 2. The highest BCUT2D eigenvalue weighted by Crippen LogP contribution is 2.63. The van der Waals surface area contributed by atoms with E-state index in [0.29, 0.717) is 35.8 Å². The predicted octanol–water partition coefficient (Wildman–Crippen LogP) is 16.1. The first kappa shape index (κ1) is 55.7. The quantitative estimate of drug-likeness (QED) is 0.0350. The lowest BCUT2D eigenvalue weighted by Gasteiger charge is -2.41. The third-order valence-electron chi connectivity index (χ3n) is 16.2. The Morgan fingerprint density at radius 2 is 0.861 bits per heavy atom. The number of fused-ring (bicyclic) bond motifs is 2. The van der Waals surface area contributed by atoms with Gasteiger partial charge in [-0.2, -0.15) is 0 Å².